The Kier molecular flexibility index (Phi) is 2.87. The Morgan fingerprint density at radius 2 is 2.12 bits per heavy atom. The highest BCUT2D eigenvalue weighted by Gasteiger charge is 2.14. The first-order valence-corrected chi connectivity index (χ1v) is 4.95. The zero-order valence-corrected chi connectivity index (χ0v) is 9.18. The van der Waals surface area contributed by atoms with E-state index in [0.29, 0.717) is 17.5 Å². The molecule has 0 spiro atoms. The minimum Gasteiger partial charge on any atom is -0.496 e. The van der Waals surface area contributed by atoms with Crippen LogP contribution in [0.5, 0.6) is 5.75 Å². The lowest BCUT2D eigenvalue weighted by Gasteiger charge is -2.02. The van der Waals surface area contributed by atoms with E-state index in [1.165, 1.54) is 0 Å². The van der Waals surface area contributed by atoms with Gasteiger partial charge in [-0.05, 0) is 19.1 Å². The van der Waals surface area contributed by atoms with Gasteiger partial charge in [0.1, 0.15) is 5.75 Å². The van der Waals surface area contributed by atoms with Crippen molar-refractivity contribution in [2.75, 3.05) is 7.11 Å². The topological polar surface area (TPSA) is 74.2 Å². The Bertz CT molecular complexity index is 480. The monoisotopic (exact) mass is 219 g/mol. The molecule has 0 aliphatic heterocycles. The Balaban J connectivity index is 2.42. The van der Waals surface area contributed by atoms with Crippen molar-refractivity contribution >= 4 is 0 Å². The molecule has 5 nitrogen and oxygen atoms in total. The third-order valence-electron chi connectivity index (χ3n) is 2.19. The molecule has 0 amide bonds. The molecular formula is C11H13N3O2. The summed E-state index contributed by atoms with van der Waals surface area (Å²) in [4.78, 5) is 4.21. The molecule has 16 heavy (non-hydrogen) atoms. The maximum atomic E-state index is 5.66. The molecule has 1 atom stereocenters. The number of rotatable bonds is 3. The maximum Gasteiger partial charge on any atom is 0.261 e. The summed E-state index contributed by atoms with van der Waals surface area (Å²) in [6.45, 7) is 1.80. The van der Waals surface area contributed by atoms with Gasteiger partial charge in [-0.1, -0.05) is 17.3 Å². The van der Waals surface area contributed by atoms with Crippen molar-refractivity contribution in [2.24, 2.45) is 5.73 Å². The van der Waals surface area contributed by atoms with Crippen LogP contribution in [0.2, 0.25) is 0 Å². The summed E-state index contributed by atoms with van der Waals surface area (Å²) < 4.78 is 10.3. The normalized spacial score (nSPS) is 12.4. The lowest BCUT2D eigenvalue weighted by molar-refractivity contribution is 0.401. The Morgan fingerprint density at radius 3 is 2.75 bits per heavy atom. The highest BCUT2D eigenvalue weighted by Crippen LogP contribution is 2.28. The van der Waals surface area contributed by atoms with Gasteiger partial charge in [0.25, 0.3) is 5.89 Å². The number of ether oxygens (including phenoxy) is 1. The van der Waals surface area contributed by atoms with E-state index in [-0.39, 0.29) is 6.04 Å². The van der Waals surface area contributed by atoms with Gasteiger partial charge in [-0.25, -0.2) is 0 Å². The summed E-state index contributed by atoms with van der Waals surface area (Å²) in [6, 6.07) is 7.22. The first-order chi connectivity index (χ1) is 7.72. The summed E-state index contributed by atoms with van der Waals surface area (Å²) in [5.41, 5.74) is 6.43. The van der Waals surface area contributed by atoms with Crippen LogP contribution < -0.4 is 10.5 Å². The van der Waals surface area contributed by atoms with E-state index in [1.807, 2.05) is 24.3 Å². The first kappa shape index (κ1) is 10.6. The Morgan fingerprint density at radius 1 is 1.38 bits per heavy atom. The maximum absolute atomic E-state index is 5.66. The quantitative estimate of drug-likeness (QED) is 0.851. The van der Waals surface area contributed by atoms with Crippen LogP contribution in [0.4, 0.5) is 0 Å². The van der Waals surface area contributed by atoms with E-state index in [9.17, 15) is 0 Å². The number of nitrogens with two attached hydrogens (primary N) is 1. The zero-order valence-electron chi connectivity index (χ0n) is 9.18. The molecule has 1 unspecified atom stereocenters. The second kappa shape index (κ2) is 4.32. The van der Waals surface area contributed by atoms with Gasteiger partial charge in [0.15, 0.2) is 5.82 Å². The molecule has 0 saturated heterocycles. The molecule has 2 rings (SSSR count). The van der Waals surface area contributed by atoms with Crippen molar-refractivity contribution in [1.82, 2.24) is 10.1 Å². The smallest absolute Gasteiger partial charge is 0.261 e. The second-order valence-electron chi connectivity index (χ2n) is 3.45. The van der Waals surface area contributed by atoms with Crippen molar-refractivity contribution < 1.29 is 9.26 Å². The molecule has 84 valence electrons. The second-order valence-corrected chi connectivity index (χ2v) is 3.45. The molecule has 2 aromatic rings. The third kappa shape index (κ3) is 1.90. The fourth-order valence-corrected chi connectivity index (χ4v) is 1.35. The van der Waals surface area contributed by atoms with Crippen LogP contribution in [0.15, 0.2) is 28.8 Å². The van der Waals surface area contributed by atoms with Crippen LogP contribution in [-0.4, -0.2) is 17.3 Å². The van der Waals surface area contributed by atoms with E-state index in [2.05, 4.69) is 10.1 Å². The summed E-state index contributed by atoms with van der Waals surface area (Å²) >= 11 is 0. The number of para-hydroxylation sites is 1. The van der Waals surface area contributed by atoms with E-state index in [1.54, 1.807) is 14.0 Å². The predicted octanol–water partition coefficient (Wildman–Crippen LogP) is 1.76. The standard InChI is InChI=1S/C11H13N3O2/c1-7(12)10-13-11(16-14-10)8-5-3-4-6-9(8)15-2/h3-7H,12H2,1-2H3. The fraction of sp³-hybridized carbons (Fsp3) is 0.273. The minimum absolute atomic E-state index is 0.243. The largest absolute Gasteiger partial charge is 0.496 e. The predicted molar refractivity (Wildman–Crippen MR) is 58.9 cm³/mol. The van der Waals surface area contributed by atoms with Crippen LogP contribution in [0, 0.1) is 0 Å². The number of benzene rings is 1. The molecule has 0 saturated carbocycles. The number of hydrogen-bond acceptors (Lipinski definition) is 5. The van der Waals surface area contributed by atoms with Crippen molar-refractivity contribution in [1.29, 1.82) is 0 Å². The summed E-state index contributed by atoms with van der Waals surface area (Å²) in [6.07, 6.45) is 0. The molecule has 0 aliphatic rings. The van der Waals surface area contributed by atoms with Gasteiger partial charge < -0.3 is 15.0 Å². The molecule has 1 aromatic carbocycles. The van der Waals surface area contributed by atoms with Gasteiger partial charge in [0, 0.05) is 0 Å². The van der Waals surface area contributed by atoms with Gasteiger partial charge in [0.05, 0.1) is 18.7 Å². The minimum atomic E-state index is -0.243. The van der Waals surface area contributed by atoms with Crippen molar-refractivity contribution in [3.63, 3.8) is 0 Å². The molecule has 0 bridgehead atoms. The average Bonchev–Trinajstić information content (AvgIpc) is 2.78. The van der Waals surface area contributed by atoms with E-state index in [4.69, 9.17) is 15.0 Å². The van der Waals surface area contributed by atoms with E-state index >= 15 is 0 Å². The molecule has 0 radical (unpaired) electrons. The third-order valence-corrected chi connectivity index (χ3v) is 2.19. The first-order valence-electron chi connectivity index (χ1n) is 4.95. The van der Waals surface area contributed by atoms with Crippen molar-refractivity contribution in [2.45, 2.75) is 13.0 Å². The molecule has 0 fully saturated rings. The summed E-state index contributed by atoms with van der Waals surface area (Å²) in [5.74, 6) is 1.60. The van der Waals surface area contributed by atoms with Crippen LogP contribution in [0.3, 0.4) is 0 Å². The molecule has 0 aliphatic carbocycles. The van der Waals surface area contributed by atoms with Gasteiger partial charge in [0.2, 0.25) is 0 Å². The summed E-state index contributed by atoms with van der Waals surface area (Å²) in [7, 11) is 1.60. The SMILES string of the molecule is COc1ccccc1-c1nc(C(C)N)no1. The van der Waals surface area contributed by atoms with Gasteiger partial charge in [-0.15, -0.1) is 0 Å². The molecular weight excluding hydrogens is 206 g/mol. The molecule has 1 aromatic heterocycles. The molecule has 1 heterocycles. The van der Waals surface area contributed by atoms with Crippen molar-refractivity contribution in [3.05, 3.63) is 30.1 Å². The Labute approximate surface area is 93.2 Å². The molecule has 2 N–H and O–H groups in total. The van der Waals surface area contributed by atoms with E-state index in [0.717, 1.165) is 5.56 Å². The number of aromatic nitrogens is 2. The highest BCUT2D eigenvalue weighted by molar-refractivity contribution is 5.62. The van der Waals surface area contributed by atoms with Gasteiger partial charge in [-0.3, -0.25) is 0 Å². The number of hydrogen-bond donors (Lipinski definition) is 1. The van der Waals surface area contributed by atoms with Crippen LogP contribution in [-0.2, 0) is 0 Å². The van der Waals surface area contributed by atoms with Gasteiger partial charge in [-0.2, -0.15) is 4.98 Å². The number of methoxy groups -OCH3 is 1. The van der Waals surface area contributed by atoms with Crippen LogP contribution in [0.1, 0.15) is 18.8 Å². The van der Waals surface area contributed by atoms with Crippen LogP contribution in [0.25, 0.3) is 11.5 Å². The Hall–Kier alpha value is -1.88. The van der Waals surface area contributed by atoms with Crippen LogP contribution >= 0.6 is 0 Å². The average molecular weight is 219 g/mol. The summed E-state index contributed by atoms with van der Waals surface area (Å²) in [5, 5.41) is 3.80. The fourth-order valence-electron chi connectivity index (χ4n) is 1.35. The van der Waals surface area contributed by atoms with E-state index < -0.39 is 0 Å². The molecule has 5 heteroatoms. The zero-order chi connectivity index (χ0) is 11.5. The van der Waals surface area contributed by atoms with Gasteiger partial charge >= 0.3 is 0 Å². The van der Waals surface area contributed by atoms with Crippen molar-refractivity contribution in [3.8, 4) is 17.2 Å². The highest BCUT2D eigenvalue weighted by atomic mass is 16.5. The number of nitrogens with zero attached hydrogens (tertiary/aromatic N) is 2. The lowest BCUT2D eigenvalue weighted by atomic mass is 10.2. The lowest BCUT2D eigenvalue weighted by Crippen LogP contribution is -2.06.